The molecule has 0 saturated heterocycles. The van der Waals surface area contributed by atoms with Gasteiger partial charge in [0.05, 0.1) is 12.7 Å². The van der Waals surface area contributed by atoms with Crippen LogP contribution in [0.1, 0.15) is 42.4 Å². The number of hydrogen-bond acceptors (Lipinski definition) is 5. The molecule has 0 aliphatic heterocycles. The fourth-order valence-electron chi connectivity index (χ4n) is 1.75. The van der Waals surface area contributed by atoms with Crippen LogP contribution in [0.25, 0.3) is 0 Å². The second-order valence-corrected chi connectivity index (χ2v) is 4.59. The number of aromatic nitrogens is 2. The number of rotatable bonds is 7. The predicted octanol–water partition coefficient (Wildman–Crippen LogP) is 2.38. The van der Waals surface area contributed by atoms with Gasteiger partial charge in [-0.1, -0.05) is 19.9 Å². The fourth-order valence-corrected chi connectivity index (χ4v) is 1.75. The zero-order valence-corrected chi connectivity index (χ0v) is 12.3. The van der Waals surface area contributed by atoms with Crippen molar-refractivity contribution in [2.75, 3.05) is 11.9 Å². The number of anilines is 1. The minimum Gasteiger partial charge on any atom is -0.444 e. The second-order valence-electron chi connectivity index (χ2n) is 4.59. The van der Waals surface area contributed by atoms with Crippen LogP contribution in [-0.2, 0) is 13.0 Å². The van der Waals surface area contributed by atoms with Crippen molar-refractivity contribution in [2.45, 2.75) is 33.2 Å². The smallest absolute Gasteiger partial charge is 0.270 e. The van der Waals surface area contributed by atoms with Crippen molar-refractivity contribution in [1.82, 2.24) is 15.3 Å². The number of carbonyl (C=O) groups excluding carboxylic acids is 1. The SMILES string of the molecule is CCCNc1cccc(C(=O)NCc2ncc(CC)o2)n1. The summed E-state index contributed by atoms with van der Waals surface area (Å²) in [5, 5.41) is 5.90. The number of aryl methyl sites for hydroxylation is 1. The van der Waals surface area contributed by atoms with E-state index < -0.39 is 0 Å². The highest BCUT2D eigenvalue weighted by atomic mass is 16.4. The Morgan fingerprint density at radius 3 is 2.90 bits per heavy atom. The van der Waals surface area contributed by atoms with Gasteiger partial charge in [0.25, 0.3) is 5.91 Å². The zero-order valence-electron chi connectivity index (χ0n) is 12.3. The molecule has 0 aromatic carbocycles. The molecule has 1 amide bonds. The van der Waals surface area contributed by atoms with E-state index in [2.05, 4.69) is 27.5 Å². The number of nitrogens with zero attached hydrogens (tertiary/aromatic N) is 2. The van der Waals surface area contributed by atoms with E-state index in [1.54, 1.807) is 18.3 Å². The maximum atomic E-state index is 12.0. The number of pyridine rings is 1. The van der Waals surface area contributed by atoms with Gasteiger partial charge in [-0.2, -0.15) is 0 Å². The van der Waals surface area contributed by atoms with Gasteiger partial charge >= 0.3 is 0 Å². The van der Waals surface area contributed by atoms with Gasteiger partial charge in [0.2, 0.25) is 5.89 Å². The van der Waals surface area contributed by atoms with E-state index in [9.17, 15) is 4.79 Å². The average molecular weight is 288 g/mol. The minimum absolute atomic E-state index is 0.244. The maximum Gasteiger partial charge on any atom is 0.270 e. The van der Waals surface area contributed by atoms with Gasteiger partial charge in [-0.25, -0.2) is 9.97 Å². The summed E-state index contributed by atoms with van der Waals surface area (Å²) in [6.45, 7) is 5.15. The summed E-state index contributed by atoms with van der Waals surface area (Å²) in [5.74, 6) is 1.77. The summed E-state index contributed by atoms with van der Waals surface area (Å²) < 4.78 is 5.44. The Hall–Kier alpha value is -2.37. The molecule has 2 aromatic heterocycles. The molecule has 112 valence electrons. The Morgan fingerprint density at radius 2 is 2.19 bits per heavy atom. The molecular weight excluding hydrogens is 268 g/mol. The van der Waals surface area contributed by atoms with E-state index in [0.29, 0.717) is 17.4 Å². The van der Waals surface area contributed by atoms with Crippen LogP contribution in [0.5, 0.6) is 0 Å². The first-order chi connectivity index (χ1) is 10.2. The summed E-state index contributed by atoms with van der Waals surface area (Å²) in [6, 6.07) is 5.33. The van der Waals surface area contributed by atoms with E-state index in [0.717, 1.165) is 25.1 Å². The third kappa shape index (κ3) is 4.30. The van der Waals surface area contributed by atoms with Crippen molar-refractivity contribution in [2.24, 2.45) is 0 Å². The third-order valence-electron chi connectivity index (χ3n) is 2.89. The summed E-state index contributed by atoms with van der Waals surface area (Å²) in [4.78, 5) is 20.4. The molecule has 0 atom stereocenters. The standard InChI is InChI=1S/C15H20N4O2/c1-3-8-16-13-7-5-6-12(19-13)15(20)18-10-14-17-9-11(4-2)21-14/h5-7,9H,3-4,8,10H2,1-2H3,(H,16,19)(H,18,20). The van der Waals surface area contributed by atoms with Crippen LogP contribution in [0.3, 0.4) is 0 Å². The molecule has 0 radical (unpaired) electrons. The van der Waals surface area contributed by atoms with Crippen LogP contribution in [0.2, 0.25) is 0 Å². The van der Waals surface area contributed by atoms with Crippen molar-refractivity contribution in [3.63, 3.8) is 0 Å². The molecule has 0 spiro atoms. The first-order valence-corrected chi connectivity index (χ1v) is 7.15. The van der Waals surface area contributed by atoms with Crippen molar-refractivity contribution < 1.29 is 9.21 Å². The van der Waals surface area contributed by atoms with Crippen LogP contribution in [0.4, 0.5) is 5.82 Å². The fraction of sp³-hybridized carbons (Fsp3) is 0.400. The molecule has 2 rings (SSSR count). The number of amides is 1. The molecule has 21 heavy (non-hydrogen) atoms. The molecule has 2 N–H and O–H groups in total. The van der Waals surface area contributed by atoms with E-state index in [4.69, 9.17) is 4.42 Å². The summed E-state index contributed by atoms with van der Waals surface area (Å²) in [6.07, 6.45) is 3.46. The molecule has 0 aliphatic carbocycles. The number of carbonyl (C=O) groups is 1. The van der Waals surface area contributed by atoms with Crippen molar-refractivity contribution >= 4 is 11.7 Å². The second kappa shape index (κ2) is 7.42. The highest BCUT2D eigenvalue weighted by Crippen LogP contribution is 2.06. The van der Waals surface area contributed by atoms with Crippen LogP contribution >= 0.6 is 0 Å². The molecule has 2 heterocycles. The highest BCUT2D eigenvalue weighted by molar-refractivity contribution is 5.92. The summed E-state index contributed by atoms with van der Waals surface area (Å²) >= 11 is 0. The first-order valence-electron chi connectivity index (χ1n) is 7.15. The maximum absolute atomic E-state index is 12.0. The van der Waals surface area contributed by atoms with Gasteiger partial charge in [-0.15, -0.1) is 0 Å². The molecule has 0 aliphatic rings. The van der Waals surface area contributed by atoms with Gasteiger partial charge in [-0.3, -0.25) is 4.79 Å². The van der Waals surface area contributed by atoms with E-state index in [1.807, 2.05) is 13.0 Å². The van der Waals surface area contributed by atoms with Crippen molar-refractivity contribution in [1.29, 1.82) is 0 Å². The lowest BCUT2D eigenvalue weighted by Gasteiger charge is -2.06. The van der Waals surface area contributed by atoms with Gasteiger partial charge in [0.15, 0.2) is 0 Å². The lowest BCUT2D eigenvalue weighted by molar-refractivity contribution is 0.0942. The molecule has 6 heteroatoms. The van der Waals surface area contributed by atoms with Crippen molar-refractivity contribution in [3.05, 3.63) is 41.7 Å². The Balaban J connectivity index is 1.93. The topological polar surface area (TPSA) is 80.0 Å². The van der Waals surface area contributed by atoms with Gasteiger partial charge < -0.3 is 15.1 Å². The molecular formula is C15H20N4O2. The molecule has 6 nitrogen and oxygen atoms in total. The first kappa shape index (κ1) is 15.0. The normalized spacial score (nSPS) is 10.4. The molecule has 0 fully saturated rings. The van der Waals surface area contributed by atoms with Crippen LogP contribution < -0.4 is 10.6 Å². The molecule has 0 bridgehead atoms. The summed E-state index contributed by atoms with van der Waals surface area (Å²) in [5.41, 5.74) is 0.373. The number of oxazole rings is 1. The minimum atomic E-state index is -0.244. The largest absolute Gasteiger partial charge is 0.444 e. The van der Waals surface area contributed by atoms with Gasteiger partial charge in [0, 0.05) is 13.0 Å². The highest BCUT2D eigenvalue weighted by Gasteiger charge is 2.09. The average Bonchev–Trinajstić information content (AvgIpc) is 2.99. The monoisotopic (exact) mass is 288 g/mol. The Kier molecular flexibility index (Phi) is 5.31. The molecule has 0 saturated carbocycles. The van der Waals surface area contributed by atoms with Crippen LogP contribution in [0, 0.1) is 0 Å². The van der Waals surface area contributed by atoms with Crippen LogP contribution in [0.15, 0.2) is 28.8 Å². The van der Waals surface area contributed by atoms with E-state index >= 15 is 0 Å². The van der Waals surface area contributed by atoms with Gasteiger partial charge in [0.1, 0.15) is 17.3 Å². The lowest BCUT2D eigenvalue weighted by Crippen LogP contribution is -2.24. The Labute approximate surface area is 124 Å². The summed E-state index contributed by atoms with van der Waals surface area (Å²) in [7, 11) is 0. The van der Waals surface area contributed by atoms with Crippen LogP contribution in [-0.4, -0.2) is 22.4 Å². The number of nitrogens with one attached hydrogen (secondary N) is 2. The van der Waals surface area contributed by atoms with E-state index in [-0.39, 0.29) is 12.5 Å². The predicted molar refractivity (Wildman–Crippen MR) is 80.1 cm³/mol. The van der Waals surface area contributed by atoms with E-state index in [1.165, 1.54) is 0 Å². The quantitative estimate of drug-likeness (QED) is 0.817. The zero-order chi connectivity index (χ0) is 15.1. The number of hydrogen-bond donors (Lipinski definition) is 2. The Morgan fingerprint density at radius 1 is 1.33 bits per heavy atom. The third-order valence-corrected chi connectivity index (χ3v) is 2.89. The molecule has 2 aromatic rings. The molecule has 0 unspecified atom stereocenters. The lowest BCUT2D eigenvalue weighted by atomic mass is 10.3. The van der Waals surface area contributed by atoms with Gasteiger partial charge in [-0.05, 0) is 18.6 Å². The van der Waals surface area contributed by atoms with Crippen molar-refractivity contribution in [3.8, 4) is 0 Å². The Bertz CT molecular complexity index is 595.